The van der Waals surface area contributed by atoms with Crippen molar-refractivity contribution in [2.45, 2.75) is 53.1 Å². The van der Waals surface area contributed by atoms with E-state index in [4.69, 9.17) is 12.2 Å². The molecule has 32 heavy (non-hydrogen) atoms. The lowest BCUT2D eigenvalue weighted by Crippen LogP contribution is -2.50. The SMILES string of the molecule is Cc1cccc(-n2c(=S)[nH]c3cc(C(=O)NC(C)C(=O)NC(C)(C)C)ccc3c2=O)c1C. The number of aryl methyl sites for hydroxylation is 1. The largest absolute Gasteiger partial charge is 0.350 e. The van der Waals surface area contributed by atoms with Crippen LogP contribution < -0.4 is 16.2 Å². The first kappa shape index (κ1) is 23.4. The smallest absolute Gasteiger partial charge is 0.266 e. The van der Waals surface area contributed by atoms with Crippen LogP contribution in [-0.2, 0) is 4.79 Å². The van der Waals surface area contributed by atoms with Crippen LogP contribution in [0.15, 0.2) is 41.2 Å². The molecule has 0 aliphatic rings. The zero-order valence-electron chi connectivity index (χ0n) is 19.1. The van der Waals surface area contributed by atoms with Gasteiger partial charge >= 0.3 is 0 Å². The van der Waals surface area contributed by atoms with Gasteiger partial charge in [0.1, 0.15) is 6.04 Å². The van der Waals surface area contributed by atoms with E-state index in [1.165, 1.54) is 4.57 Å². The molecule has 3 aromatic rings. The number of hydrogen-bond acceptors (Lipinski definition) is 4. The predicted molar refractivity (Wildman–Crippen MR) is 129 cm³/mol. The number of hydrogen-bond donors (Lipinski definition) is 3. The second-order valence-corrected chi connectivity index (χ2v) is 9.37. The average Bonchev–Trinajstić information content (AvgIpc) is 2.69. The van der Waals surface area contributed by atoms with Crippen molar-refractivity contribution in [1.82, 2.24) is 20.2 Å². The number of aromatic nitrogens is 2. The number of fused-ring (bicyclic) bond motifs is 1. The molecule has 0 aliphatic heterocycles. The summed E-state index contributed by atoms with van der Waals surface area (Å²) < 4.78 is 1.71. The van der Waals surface area contributed by atoms with E-state index in [2.05, 4.69) is 15.6 Å². The topological polar surface area (TPSA) is 96.0 Å². The van der Waals surface area contributed by atoms with Crippen LogP contribution in [0.3, 0.4) is 0 Å². The molecule has 0 spiro atoms. The van der Waals surface area contributed by atoms with Crippen LogP contribution in [-0.4, -0.2) is 32.9 Å². The standard InChI is InChI=1S/C24H28N4O3S/c1-13-8-7-9-19(14(13)2)28-22(31)17-11-10-16(12-18(17)26-23(28)32)21(30)25-15(3)20(29)27-24(4,5)6/h7-12,15H,1-6H3,(H,25,30)(H,26,32)(H,27,29). The Labute approximate surface area is 191 Å². The minimum Gasteiger partial charge on any atom is -0.350 e. The van der Waals surface area contributed by atoms with Crippen LogP contribution in [0, 0.1) is 18.6 Å². The normalized spacial score (nSPS) is 12.4. The third-order valence-corrected chi connectivity index (χ3v) is 5.50. The zero-order chi connectivity index (χ0) is 23.8. The fourth-order valence-electron chi connectivity index (χ4n) is 3.38. The van der Waals surface area contributed by atoms with E-state index < -0.39 is 17.5 Å². The molecular weight excluding hydrogens is 424 g/mol. The number of nitrogens with zero attached hydrogens (tertiary/aromatic N) is 1. The molecule has 2 amide bonds. The number of rotatable bonds is 4. The van der Waals surface area contributed by atoms with Gasteiger partial charge < -0.3 is 15.6 Å². The molecule has 7 nitrogen and oxygen atoms in total. The fraction of sp³-hybridized carbons (Fsp3) is 0.333. The number of carbonyl (C=O) groups excluding carboxylic acids is 2. The maximum Gasteiger partial charge on any atom is 0.266 e. The highest BCUT2D eigenvalue weighted by atomic mass is 32.1. The number of amides is 2. The van der Waals surface area contributed by atoms with Crippen LogP contribution in [0.1, 0.15) is 49.2 Å². The Bertz CT molecular complexity index is 1330. The lowest BCUT2D eigenvalue weighted by molar-refractivity contribution is -0.124. The Morgan fingerprint density at radius 2 is 1.81 bits per heavy atom. The molecule has 0 bridgehead atoms. The molecule has 3 rings (SSSR count). The third kappa shape index (κ3) is 4.80. The monoisotopic (exact) mass is 452 g/mol. The zero-order valence-corrected chi connectivity index (χ0v) is 19.9. The van der Waals surface area contributed by atoms with Crippen molar-refractivity contribution in [3.8, 4) is 5.69 Å². The van der Waals surface area contributed by atoms with Gasteiger partial charge in [0.25, 0.3) is 11.5 Å². The van der Waals surface area contributed by atoms with Crippen LogP contribution in [0.25, 0.3) is 16.6 Å². The summed E-state index contributed by atoms with van der Waals surface area (Å²) >= 11 is 5.47. The number of nitrogens with one attached hydrogen (secondary N) is 3. The second kappa shape index (κ2) is 8.70. The van der Waals surface area contributed by atoms with Gasteiger partial charge in [-0.05, 0) is 89.2 Å². The minimum absolute atomic E-state index is 0.242. The second-order valence-electron chi connectivity index (χ2n) is 8.98. The molecule has 1 aromatic heterocycles. The Morgan fingerprint density at radius 3 is 2.47 bits per heavy atom. The van der Waals surface area contributed by atoms with E-state index in [1.54, 1.807) is 25.1 Å². The maximum atomic E-state index is 13.2. The first-order chi connectivity index (χ1) is 14.9. The number of aromatic amines is 1. The summed E-state index contributed by atoms with van der Waals surface area (Å²) in [4.78, 5) is 41.2. The van der Waals surface area contributed by atoms with Crippen LogP contribution in [0.5, 0.6) is 0 Å². The van der Waals surface area contributed by atoms with E-state index in [0.717, 1.165) is 16.8 Å². The van der Waals surface area contributed by atoms with Crippen molar-refractivity contribution in [2.24, 2.45) is 0 Å². The van der Waals surface area contributed by atoms with Crippen molar-refractivity contribution < 1.29 is 9.59 Å². The number of carbonyl (C=O) groups is 2. The molecule has 0 fully saturated rings. The van der Waals surface area contributed by atoms with Gasteiger partial charge in [-0.1, -0.05) is 12.1 Å². The Morgan fingerprint density at radius 1 is 1.12 bits per heavy atom. The summed E-state index contributed by atoms with van der Waals surface area (Å²) in [5.41, 5.74) is 2.86. The van der Waals surface area contributed by atoms with E-state index in [9.17, 15) is 14.4 Å². The van der Waals surface area contributed by atoms with Gasteiger partial charge in [0, 0.05) is 11.1 Å². The average molecular weight is 453 g/mol. The molecule has 0 aliphatic carbocycles. The Hall–Kier alpha value is -3.26. The first-order valence-corrected chi connectivity index (χ1v) is 10.8. The lowest BCUT2D eigenvalue weighted by atomic mass is 10.1. The quantitative estimate of drug-likeness (QED) is 0.526. The lowest BCUT2D eigenvalue weighted by Gasteiger charge is -2.23. The highest BCUT2D eigenvalue weighted by molar-refractivity contribution is 7.71. The van der Waals surface area contributed by atoms with E-state index in [0.29, 0.717) is 16.5 Å². The van der Waals surface area contributed by atoms with Gasteiger partial charge in [0.05, 0.1) is 16.6 Å². The Kier molecular flexibility index (Phi) is 6.37. The van der Waals surface area contributed by atoms with Crippen molar-refractivity contribution in [3.63, 3.8) is 0 Å². The molecular formula is C24H28N4O3S. The van der Waals surface area contributed by atoms with E-state index in [-0.39, 0.29) is 16.2 Å². The molecule has 3 N–H and O–H groups in total. The minimum atomic E-state index is -0.715. The summed E-state index contributed by atoms with van der Waals surface area (Å²) in [6.07, 6.45) is 0. The van der Waals surface area contributed by atoms with Gasteiger partial charge in [0.15, 0.2) is 4.77 Å². The molecule has 168 valence electrons. The van der Waals surface area contributed by atoms with Gasteiger partial charge in [-0.15, -0.1) is 0 Å². The number of H-pyrrole nitrogens is 1. The molecule has 0 radical (unpaired) electrons. The van der Waals surface area contributed by atoms with E-state index in [1.807, 2.05) is 52.8 Å². The van der Waals surface area contributed by atoms with Crippen molar-refractivity contribution >= 4 is 34.9 Å². The highest BCUT2D eigenvalue weighted by Crippen LogP contribution is 2.18. The molecule has 1 unspecified atom stereocenters. The molecule has 0 saturated carbocycles. The van der Waals surface area contributed by atoms with Crippen LogP contribution in [0.2, 0.25) is 0 Å². The van der Waals surface area contributed by atoms with Crippen molar-refractivity contribution in [3.05, 3.63) is 68.2 Å². The van der Waals surface area contributed by atoms with Crippen LogP contribution >= 0.6 is 12.2 Å². The van der Waals surface area contributed by atoms with Gasteiger partial charge in [-0.25, -0.2) is 0 Å². The molecule has 1 heterocycles. The summed E-state index contributed by atoms with van der Waals surface area (Å²) in [7, 11) is 0. The van der Waals surface area contributed by atoms with Crippen molar-refractivity contribution in [2.75, 3.05) is 0 Å². The third-order valence-electron chi connectivity index (χ3n) is 5.22. The number of benzene rings is 2. The molecule has 0 saturated heterocycles. The van der Waals surface area contributed by atoms with Gasteiger partial charge in [0.2, 0.25) is 5.91 Å². The summed E-state index contributed by atoms with van der Waals surface area (Å²) in [6.45, 7) is 11.2. The molecule has 1 atom stereocenters. The van der Waals surface area contributed by atoms with Gasteiger partial charge in [-0.2, -0.15) is 0 Å². The summed E-state index contributed by atoms with van der Waals surface area (Å²) in [5.74, 6) is -0.691. The summed E-state index contributed by atoms with van der Waals surface area (Å²) in [6, 6.07) is 9.73. The first-order valence-electron chi connectivity index (χ1n) is 10.4. The fourth-order valence-corrected chi connectivity index (χ4v) is 3.67. The summed E-state index contributed by atoms with van der Waals surface area (Å²) in [5, 5.41) is 5.93. The van der Waals surface area contributed by atoms with Crippen LogP contribution in [0.4, 0.5) is 0 Å². The molecule has 8 heteroatoms. The molecule has 2 aromatic carbocycles. The Balaban J connectivity index is 1.96. The van der Waals surface area contributed by atoms with Crippen molar-refractivity contribution in [1.29, 1.82) is 0 Å². The van der Waals surface area contributed by atoms with Gasteiger partial charge in [-0.3, -0.25) is 19.0 Å². The highest BCUT2D eigenvalue weighted by Gasteiger charge is 2.21. The maximum absolute atomic E-state index is 13.2. The van der Waals surface area contributed by atoms with E-state index >= 15 is 0 Å². The predicted octanol–water partition coefficient (Wildman–Crippen LogP) is 3.70.